The summed E-state index contributed by atoms with van der Waals surface area (Å²) in [6.07, 6.45) is -3.79. The molecule has 5 fully saturated rings. The molecule has 12 heteroatoms. The SMILES string of the molecule is CN1C2OC3C1N(C)C1C(N3[N+](=O)[O-])N([N+](=O)[O-])C2N1C. The highest BCUT2D eigenvalue weighted by molar-refractivity contribution is 5.08. The van der Waals surface area contributed by atoms with Gasteiger partial charge in [-0.2, -0.15) is 0 Å². The lowest BCUT2D eigenvalue weighted by Crippen LogP contribution is -2.73. The van der Waals surface area contributed by atoms with Crippen molar-refractivity contribution in [1.82, 2.24) is 24.7 Å². The van der Waals surface area contributed by atoms with Crippen molar-refractivity contribution in [2.75, 3.05) is 21.1 Å². The van der Waals surface area contributed by atoms with Gasteiger partial charge in [-0.05, 0) is 21.1 Å². The Morgan fingerprint density at radius 2 is 1.33 bits per heavy atom. The first kappa shape index (κ1) is 12.9. The van der Waals surface area contributed by atoms with E-state index in [0.29, 0.717) is 0 Å². The molecule has 12 nitrogen and oxygen atoms in total. The fourth-order valence-electron chi connectivity index (χ4n) is 4.25. The van der Waals surface area contributed by atoms with Crippen LogP contribution in [0, 0.1) is 20.2 Å². The Labute approximate surface area is 119 Å². The third-order valence-electron chi connectivity index (χ3n) is 4.99. The summed E-state index contributed by atoms with van der Waals surface area (Å²) in [5.41, 5.74) is 0. The molecule has 5 aliphatic heterocycles. The number of hydrazine groups is 2. The number of hydrogen-bond acceptors (Lipinski definition) is 8. The maximum atomic E-state index is 11.5. The minimum Gasteiger partial charge on any atom is -0.327 e. The second-order valence-corrected chi connectivity index (χ2v) is 5.80. The van der Waals surface area contributed by atoms with Crippen molar-refractivity contribution >= 4 is 0 Å². The molecule has 0 aromatic rings. The lowest BCUT2D eigenvalue weighted by molar-refractivity contribution is -0.739. The average Bonchev–Trinajstić information content (AvgIpc) is 2.79. The van der Waals surface area contributed by atoms with Crippen molar-refractivity contribution in [3.8, 4) is 0 Å². The summed E-state index contributed by atoms with van der Waals surface area (Å²) in [4.78, 5) is 28.5. The molecule has 0 spiro atoms. The zero-order valence-corrected chi connectivity index (χ0v) is 11.6. The smallest absolute Gasteiger partial charge is 0.251 e. The molecule has 0 N–H and O–H groups in total. The Bertz CT molecular complexity index is 517. The normalized spacial score (nSPS) is 45.7. The molecule has 0 amide bonds. The topological polar surface area (TPSA) is 112 Å². The average molecular weight is 301 g/mol. The van der Waals surface area contributed by atoms with Gasteiger partial charge in [0, 0.05) is 0 Å². The van der Waals surface area contributed by atoms with Crippen molar-refractivity contribution in [3.63, 3.8) is 0 Å². The summed E-state index contributed by atoms with van der Waals surface area (Å²) >= 11 is 0. The predicted molar refractivity (Wildman–Crippen MR) is 64.8 cm³/mol. The Hall–Kier alpha value is -1.76. The maximum Gasteiger partial charge on any atom is 0.251 e. The number of nitro groups is 2. The number of likely N-dealkylation sites (N-methyl/N-ethyl adjacent to an activating group) is 3. The first-order valence-electron chi connectivity index (χ1n) is 6.53. The second kappa shape index (κ2) is 3.71. The van der Waals surface area contributed by atoms with Crippen LogP contribution in [0.3, 0.4) is 0 Å². The molecule has 5 aliphatic rings. The molecule has 5 heterocycles. The van der Waals surface area contributed by atoms with Gasteiger partial charge in [0.25, 0.3) is 6.17 Å². The summed E-state index contributed by atoms with van der Waals surface area (Å²) in [6.45, 7) is 0. The Balaban J connectivity index is 1.93. The van der Waals surface area contributed by atoms with Crippen LogP contribution in [0.25, 0.3) is 0 Å². The highest BCUT2D eigenvalue weighted by Gasteiger charge is 2.75. The van der Waals surface area contributed by atoms with E-state index in [1.165, 1.54) is 0 Å². The summed E-state index contributed by atoms with van der Waals surface area (Å²) in [5, 5.41) is 23.7. The molecule has 6 atom stereocenters. The van der Waals surface area contributed by atoms with Gasteiger partial charge in [-0.3, -0.25) is 14.7 Å². The second-order valence-electron chi connectivity index (χ2n) is 5.80. The number of piperazine rings is 1. The van der Waals surface area contributed by atoms with Gasteiger partial charge in [-0.1, -0.05) is 10.0 Å². The molecule has 6 unspecified atom stereocenters. The van der Waals surface area contributed by atoms with Crippen molar-refractivity contribution in [2.24, 2.45) is 0 Å². The largest absolute Gasteiger partial charge is 0.327 e. The fraction of sp³-hybridized carbons (Fsp3) is 1.00. The molecule has 5 rings (SSSR count). The monoisotopic (exact) mass is 301 g/mol. The van der Waals surface area contributed by atoms with E-state index in [-0.39, 0.29) is 6.17 Å². The molecule has 5 saturated heterocycles. The van der Waals surface area contributed by atoms with Gasteiger partial charge in [0.1, 0.15) is 12.3 Å². The molecule has 0 radical (unpaired) electrons. The van der Waals surface area contributed by atoms with Crippen LogP contribution < -0.4 is 0 Å². The van der Waals surface area contributed by atoms with Gasteiger partial charge >= 0.3 is 0 Å². The maximum absolute atomic E-state index is 11.5. The molecule has 0 aromatic heterocycles. The Morgan fingerprint density at radius 3 is 1.90 bits per heavy atom. The van der Waals surface area contributed by atoms with Crippen LogP contribution in [-0.2, 0) is 4.74 Å². The van der Waals surface area contributed by atoms with Crippen molar-refractivity contribution < 1.29 is 14.8 Å². The highest BCUT2D eigenvalue weighted by atomic mass is 16.7. The first-order valence-corrected chi connectivity index (χ1v) is 6.53. The third-order valence-corrected chi connectivity index (χ3v) is 4.99. The van der Waals surface area contributed by atoms with E-state index in [4.69, 9.17) is 4.74 Å². The minimum absolute atomic E-state index is 0.303. The zero-order valence-electron chi connectivity index (χ0n) is 11.6. The molecule has 21 heavy (non-hydrogen) atoms. The number of ether oxygens (including phenoxy) is 1. The van der Waals surface area contributed by atoms with Crippen LogP contribution in [-0.4, -0.2) is 93.0 Å². The standard InChI is InChI=1S/C9H15N7O5/c1-10-4-5-13(15(17)18)7(11(4)2)8-12(3)6(10)9(21-8)14(5)16(19)20/h4-9H,1-3H3. The zero-order chi connectivity index (χ0) is 15.2. The van der Waals surface area contributed by atoms with E-state index < -0.39 is 41.0 Å². The first-order chi connectivity index (χ1) is 9.86. The van der Waals surface area contributed by atoms with E-state index in [2.05, 4.69) is 0 Å². The van der Waals surface area contributed by atoms with Gasteiger partial charge in [0.15, 0.2) is 22.5 Å². The molecular formula is C9H15N7O5. The van der Waals surface area contributed by atoms with Crippen LogP contribution in [0.2, 0.25) is 0 Å². The molecular weight excluding hydrogens is 286 g/mol. The fourth-order valence-corrected chi connectivity index (χ4v) is 4.25. The van der Waals surface area contributed by atoms with Gasteiger partial charge in [0.05, 0.1) is 0 Å². The molecule has 0 saturated carbocycles. The van der Waals surface area contributed by atoms with Crippen molar-refractivity contribution in [1.29, 1.82) is 0 Å². The van der Waals surface area contributed by atoms with Crippen LogP contribution in [0.5, 0.6) is 0 Å². The van der Waals surface area contributed by atoms with E-state index in [0.717, 1.165) is 10.0 Å². The van der Waals surface area contributed by atoms with Crippen LogP contribution in [0.1, 0.15) is 0 Å². The van der Waals surface area contributed by atoms with Gasteiger partial charge < -0.3 is 4.74 Å². The van der Waals surface area contributed by atoms with Gasteiger partial charge in [-0.25, -0.2) is 20.2 Å². The lowest BCUT2D eigenvalue weighted by atomic mass is 10.2. The highest BCUT2D eigenvalue weighted by Crippen LogP contribution is 2.48. The lowest BCUT2D eigenvalue weighted by Gasteiger charge is -2.46. The Morgan fingerprint density at radius 1 is 0.762 bits per heavy atom. The molecule has 116 valence electrons. The van der Waals surface area contributed by atoms with Crippen molar-refractivity contribution in [3.05, 3.63) is 20.2 Å². The van der Waals surface area contributed by atoms with Gasteiger partial charge in [-0.15, -0.1) is 0 Å². The predicted octanol–water partition coefficient (Wildman–Crippen LogP) is -2.20. The minimum atomic E-state index is -0.977. The van der Waals surface area contributed by atoms with Gasteiger partial charge in [0.2, 0.25) is 6.23 Å². The summed E-state index contributed by atoms with van der Waals surface area (Å²) in [7, 11) is 5.33. The number of rotatable bonds is 2. The number of hydrogen-bond donors (Lipinski definition) is 0. The van der Waals surface area contributed by atoms with E-state index in [1.807, 2.05) is 16.8 Å². The Kier molecular flexibility index (Phi) is 2.28. The van der Waals surface area contributed by atoms with E-state index >= 15 is 0 Å². The quantitative estimate of drug-likeness (QED) is 0.411. The van der Waals surface area contributed by atoms with E-state index in [9.17, 15) is 20.2 Å². The third kappa shape index (κ3) is 1.24. The summed E-state index contributed by atoms with van der Waals surface area (Å²) < 4.78 is 5.79. The summed E-state index contributed by atoms with van der Waals surface area (Å²) in [6, 6.07) is 0. The van der Waals surface area contributed by atoms with Crippen LogP contribution in [0.4, 0.5) is 0 Å². The van der Waals surface area contributed by atoms with Crippen LogP contribution in [0.15, 0.2) is 0 Å². The van der Waals surface area contributed by atoms with Crippen LogP contribution >= 0.6 is 0 Å². The molecule has 6 bridgehead atoms. The number of nitrogens with zero attached hydrogens (tertiary/aromatic N) is 7. The van der Waals surface area contributed by atoms with Crippen molar-refractivity contribution in [2.45, 2.75) is 37.1 Å². The molecule has 0 aliphatic carbocycles. The molecule has 0 aromatic carbocycles. The summed E-state index contributed by atoms with van der Waals surface area (Å²) in [5.74, 6) is 0. The van der Waals surface area contributed by atoms with E-state index in [1.54, 1.807) is 19.0 Å².